The normalized spacial score (nSPS) is 12.5. The zero-order chi connectivity index (χ0) is 36.7. The minimum Gasteiger partial charge on any atom is -0.305 e. The quantitative estimate of drug-likeness (QED) is 0.123. The van der Waals surface area contributed by atoms with Crippen LogP contribution in [-0.2, 0) is 20.1 Å². The molecule has 0 aliphatic rings. The minimum atomic E-state index is -1.27. The van der Waals surface area contributed by atoms with Crippen LogP contribution in [0.15, 0.2) is 97.3 Å². The molecule has 6 heteroatoms. The van der Waals surface area contributed by atoms with Crippen LogP contribution in [0.3, 0.4) is 0 Å². The molecule has 0 atom stereocenters. The van der Waals surface area contributed by atoms with Crippen LogP contribution in [-0.4, -0.2) is 23.0 Å². The second-order valence-corrected chi connectivity index (χ2v) is 20.2. The fourth-order valence-electron chi connectivity index (χ4n) is 6.24. The van der Waals surface area contributed by atoms with Crippen molar-refractivity contribution in [2.75, 3.05) is 0 Å². The average Bonchev–Trinajstić information content (AvgIpc) is 3.45. The smallest absolute Gasteiger partial charge is 0.0798 e. The van der Waals surface area contributed by atoms with Gasteiger partial charge in [0.2, 0.25) is 0 Å². The topological polar surface area (TPSA) is 38.7 Å². The summed E-state index contributed by atoms with van der Waals surface area (Å²) in [7, 11) is -1.27. The number of aryl methyl sites for hydroxylation is 2. The van der Waals surface area contributed by atoms with Gasteiger partial charge in [0.05, 0.1) is 13.8 Å². The largest absolute Gasteiger partial charge is 0.305 e. The molecule has 0 unspecified atom stereocenters. The molecular formula is C44H45IrN3SSi-2. The van der Waals surface area contributed by atoms with E-state index >= 15 is 0 Å². The van der Waals surface area contributed by atoms with Crippen LogP contribution < -0.4 is 5.19 Å². The maximum atomic E-state index is 8.70. The molecule has 257 valence electrons. The number of fused-ring (bicyclic) bond motifs is 3. The van der Waals surface area contributed by atoms with Gasteiger partial charge in [-0.1, -0.05) is 88.6 Å². The molecule has 0 fully saturated rings. The van der Waals surface area contributed by atoms with Gasteiger partial charge in [0, 0.05) is 51.2 Å². The van der Waals surface area contributed by atoms with Crippen LogP contribution in [0.5, 0.6) is 0 Å². The van der Waals surface area contributed by atoms with E-state index in [2.05, 4.69) is 91.3 Å². The number of thiophene rings is 1. The van der Waals surface area contributed by atoms with Crippen LogP contribution in [0.4, 0.5) is 0 Å². The van der Waals surface area contributed by atoms with Crippen LogP contribution >= 0.6 is 11.3 Å². The molecule has 0 N–H and O–H groups in total. The number of benzene rings is 3. The van der Waals surface area contributed by atoms with Crippen LogP contribution in [0, 0.1) is 26.0 Å². The number of hydrogen-bond donors (Lipinski definition) is 0. The Labute approximate surface area is 319 Å². The van der Waals surface area contributed by atoms with E-state index in [1.807, 2.05) is 83.1 Å². The van der Waals surface area contributed by atoms with E-state index in [4.69, 9.17) is 7.73 Å². The SMILES string of the molecule is Cc1cc(-c2[c-]cccc2)ncc1[Si](C)(C)C.[2H]C(C)(C)c1cnc(-c2[c-]ccc3c2sc2cc(-c4cccc(C)n4)ccc23)cc1C([2H])(C)C.[Ir]. The second kappa shape index (κ2) is 15.6. The Morgan fingerprint density at radius 2 is 1.48 bits per heavy atom. The van der Waals surface area contributed by atoms with E-state index in [0.717, 1.165) is 55.3 Å². The number of nitrogens with zero attached hydrogens (tertiary/aromatic N) is 3. The van der Waals surface area contributed by atoms with E-state index in [1.54, 1.807) is 17.5 Å². The third-order valence-corrected chi connectivity index (χ3v) is 12.1. The molecular weight excluding hydrogens is 823 g/mol. The summed E-state index contributed by atoms with van der Waals surface area (Å²) < 4.78 is 19.6. The molecule has 7 aromatic rings. The molecule has 0 amide bonds. The summed E-state index contributed by atoms with van der Waals surface area (Å²) in [5.74, 6) is -1.66. The summed E-state index contributed by atoms with van der Waals surface area (Å²) >= 11 is 1.74. The zero-order valence-electron chi connectivity index (χ0n) is 32.3. The fraction of sp³-hybridized carbons (Fsp3) is 0.250. The van der Waals surface area contributed by atoms with Gasteiger partial charge in [-0.25, -0.2) is 0 Å². The summed E-state index contributed by atoms with van der Waals surface area (Å²) in [5, 5.41) is 3.82. The van der Waals surface area contributed by atoms with Gasteiger partial charge in [-0.05, 0) is 81.6 Å². The van der Waals surface area contributed by atoms with Gasteiger partial charge in [-0.3, -0.25) is 4.98 Å². The predicted molar refractivity (Wildman–Crippen MR) is 214 cm³/mol. The standard InChI is InChI=1S/C29H27N2S.C15H18NSi.Ir/c1-17(2)24-15-27(30-16-25(24)18(3)4)23-10-7-9-22-21-13-12-20(14-28(21)32-29(22)23)26-11-6-8-19(5)31-26;1-12-10-14(13-8-6-5-7-9-13)16-11-15(12)17(2,3)4;/h6-9,11-18H,1-5H3;5-8,10-11H,1-4H3;/q2*-1;/i17D,18D;;. The third-order valence-electron chi connectivity index (χ3n) is 8.76. The molecule has 4 heterocycles. The number of aromatic nitrogens is 3. The third kappa shape index (κ3) is 8.05. The average molecular weight is 870 g/mol. The fourth-order valence-corrected chi connectivity index (χ4v) is 9.19. The monoisotopic (exact) mass is 870 g/mol. The maximum absolute atomic E-state index is 8.70. The van der Waals surface area contributed by atoms with E-state index < -0.39 is 19.9 Å². The van der Waals surface area contributed by atoms with Crippen molar-refractivity contribution >= 4 is 44.8 Å². The van der Waals surface area contributed by atoms with Crippen molar-refractivity contribution in [3.63, 3.8) is 0 Å². The first kappa shape index (κ1) is 34.6. The van der Waals surface area contributed by atoms with Crippen molar-refractivity contribution in [1.29, 1.82) is 0 Å². The molecule has 1 radical (unpaired) electrons. The van der Waals surface area contributed by atoms with Gasteiger partial charge in [-0.15, -0.1) is 59.7 Å². The summed E-state index contributed by atoms with van der Waals surface area (Å²) in [6.07, 6.45) is 3.83. The first-order valence-electron chi connectivity index (χ1n) is 17.8. The molecule has 0 aliphatic heterocycles. The first-order chi connectivity index (χ1) is 24.0. The van der Waals surface area contributed by atoms with Gasteiger partial charge in [0.15, 0.2) is 0 Å². The summed E-state index contributed by atoms with van der Waals surface area (Å²) in [6.45, 7) is 18.7. The summed E-state index contributed by atoms with van der Waals surface area (Å²) in [6, 6.07) is 35.5. The Hall–Kier alpha value is -3.80. The number of pyridine rings is 3. The Bertz CT molecular complexity index is 2350. The van der Waals surface area contributed by atoms with Gasteiger partial charge < -0.3 is 9.97 Å². The van der Waals surface area contributed by atoms with Gasteiger partial charge in [-0.2, -0.15) is 11.3 Å². The number of hydrogen-bond acceptors (Lipinski definition) is 4. The molecule has 4 aromatic heterocycles. The van der Waals surface area contributed by atoms with Crippen molar-refractivity contribution in [3.05, 3.63) is 132 Å². The van der Waals surface area contributed by atoms with E-state index in [9.17, 15) is 0 Å². The molecule has 7 rings (SSSR count). The van der Waals surface area contributed by atoms with Crippen molar-refractivity contribution in [1.82, 2.24) is 15.0 Å². The molecule has 3 nitrogen and oxygen atoms in total. The minimum absolute atomic E-state index is 0. The Morgan fingerprint density at radius 1 is 0.720 bits per heavy atom. The predicted octanol–water partition coefficient (Wildman–Crippen LogP) is 11.9. The Kier molecular flexibility index (Phi) is 10.8. The zero-order valence-corrected chi connectivity index (χ0v) is 34.5. The molecule has 0 saturated carbocycles. The molecule has 0 saturated heterocycles. The maximum Gasteiger partial charge on any atom is 0.0798 e. The van der Waals surface area contributed by atoms with Crippen LogP contribution in [0.2, 0.25) is 19.6 Å². The summed E-state index contributed by atoms with van der Waals surface area (Å²) in [5.41, 5.74) is 9.87. The van der Waals surface area contributed by atoms with Crippen molar-refractivity contribution in [2.24, 2.45) is 0 Å². The van der Waals surface area contributed by atoms with Crippen LogP contribution in [0.1, 0.15) is 64.6 Å². The number of rotatable bonds is 6. The van der Waals surface area contributed by atoms with E-state index in [0.29, 0.717) is 0 Å². The Morgan fingerprint density at radius 3 is 2.14 bits per heavy atom. The van der Waals surface area contributed by atoms with Gasteiger partial charge in [0.25, 0.3) is 0 Å². The molecule has 50 heavy (non-hydrogen) atoms. The second-order valence-electron chi connectivity index (χ2n) is 14.1. The van der Waals surface area contributed by atoms with Crippen molar-refractivity contribution < 1.29 is 22.8 Å². The van der Waals surface area contributed by atoms with Crippen molar-refractivity contribution in [2.45, 2.75) is 73.0 Å². The van der Waals surface area contributed by atoms with Crippen LogP contribution in [0.25, 0.3) is 53.9 Å². The van der Waals surface area contributed by atoms with Crippen molar-refractivity contribution in [3.8, 4) is 33.8 Å². The molecule has 0 aliphatic carbocycles. The van der Waals surface area contributed by atoms with E-state index in [1.165, 1.54) is 26.2 Å². The molecule has 3 aromatic carbocycles. The van der Waals surface area contributed by atoms with E-state index in [-0.39, 0.29) is 20.1 Å². The first-order valence-corrected chi connectivity index (χ1v) is 21.1. The summed E-state index contributed by atoms with van der Waals surface area (Å²) in [4.78, 5) is 14.0. The van der Waals surface area contributed by atoms with Gasteiger partial charge >= 0.3 is 0 Å². The Balaban J connectivity index is 0.000000245. The molecule has 0 spiro atoms. The molecule has 0 bridgehead atoms. The van der Waals surface area contributed by atoms with Gasteiger partial charge in [0.1, 0.15) is 0 Å².